The number of rotatable bonds is 6. The Kier molecular flexibility index (Phi) is 5.30. The number of aromatic nitrogens is 3. The summed E-state index contributed by atoms with van der Waals surface area (Å²) in [4.78, 5) is 31.4. The van der Waals surface area contributed by atoms with Crippen LogP contribution in [-0.4, -0.2) is 60.2 Å². The Hall–Kier alpha value is -4.60. The van der Waals surface area contributed by atoms with E-state index in [4.69, 9.17) is 9.47 Å². The van der Waals surface area contributed by atoms with Gasteiger partial charge in [0.05, 0.1) is 25.2 Å². The molecule has 1 spiro atoms. The van der Waals surface area contributed by atoms with Crippen molar-refractivity contribution < 1.29 is 19.1 Å². The number of methoxy groups -OCH3 is 2. The number of hydrogen-bond donors (Lipinski definition) is 3. The zero-order chi connectivity index (χ0) is 26.8. The van der Waals surface area contributed by atoms with Crippen molar-refractivity contribution in [2.45, 2.75) is 24.7 Å². The predicted molar refractivity (Wildman–Crippen MR) is 144 cm³/mol. The predicted octanol–water partition coefficient (Wildman–Crippen LogP) is 4.11. The number of carbonyl (C=O) groups is 2. The molecule has 4 aromatic rings. The minimum Gasteiger partial charge on any atom is -0.497 e. The molecule has 0 unspecified atom stereocenters. The summed E-state index contributed by atoms with van der Waals surface area (Å²) < 4.78 is 10.9. The highest BCUT2D eigenvalue weighted by Crippen LogP contribution is 2.65. The van der Waals surface area contributed by atoms with E-state index in [-0.39, 0.29) is 17.7 Å². The Bertz CT molecular complexity index is 1630. The lowest BCUT2D eigenvalue weighted by molar-refractivity contribution is -0.118. The van der Waals surface area contributed by atoms with Gasteiger partial charge in [0.15, 0.2) is 5.82 Å². The molecule has 2 amide bonds. The second-order valence-corrected chi connectivity index (χ2v) is 10.0. The molecule has 2 aromatic carbocycles. The Labute approximate surface area is 219 Å². The molecule has 2 aliphatic rings. The number of anilines is 3. The summed E-state index contributed by atoms with van der Waals surface area (Å²) in [6, 6.07) is 13.7. The van der Waals surface area contributed by atoms with Gasteiger partial charge in [0.25, 0.3) is 5.91 Å². The van der Waals surface area contributed by atoms with Crippen LogP contribution < -0.4 is 20.1 Å². The van der Waals surface area contributed by atoms with Crippen LogP contribution in [-0.2, 0) is 10.2 Å². The van der Waals surface area contributed by atoms with Gasteiger partial charge in [-0.1, -0.05) is 6.07 Å². The van der Waals surface area contributed by atoms with Crippen LogP contribution in [0.2, 0.25) is 0 Å². The molecule has 6 rings (SSSR count). The third kappa shape index (κ3) is 3.47. The Morgan fingerprint density at radius 3 is 2.68 bits per heavy atom. The summed E-state index contributed by atoms with van der Waals surface area (Å²) >= 11 is 0. The number of ether oxygens (including phenoxy) is 2. The molecule has 1 saturated carbocycles. The number of nitrogens with one attached hydrogen (secondary N) is 3. The Balaban J connectivity index is 1.30. The molecule has 1 aliphatic carbocycles. The number of benzene rings is 2. The van der Waals surface area contributed by atoms with Crippen molar-refractivity contribution in [1.82, 2.24) is 20.1 Å². The van der Waals surface area contributed by atoms with E-state index < -0.39 is 5.41 Å². The second kappa shape index (κ2) is 8.47. The summed E-state index contributed by atoms with van der Waals surface area (Å²) in [6.45, 7) is 1.83. The fraction of sp³-hybridized carbons (Fsp3) is 0.286. The van der Waals surface area contributed by atoms with E-state index in [9.17, 15) is 9.59 Å². The van der Waals surface area contributed by atoms with Gasteiger partial charge in [0.2, 0.25) is 11.8 Å². The van der Waals surface area contributed by atoms with Crippen molar-refractivity contribution in [2.75, 3.05) is 38.9 Å². The van der Waals surface area contributed by atoms with E-state index in [2.05, 4.69) is 31.9 Å². The highest BCUT2D eigenvalue weighted by Gasteiger charge is 2.65. The number of hydrogen-bond acceptors (Lipinski definition) is 7. The molecule has 0 bridgehead atoms. The maximum atomic E-state index is 13.0. The lowest BCUT2D eigenvalue weighted by Crippen LogP contribution is -2.24. The molecule has 10 heteroatoms. The van der Waals surface area contributed by atoms with Gasteiger partial charge < -0.3 is 25.0 Å². The molecule has 1 fully saturated rings. The van der Waals surface area contributed by atoms with Crippen LogP contribution in [0.5, 0.6) is 11.6 Å². The van der Waals surface area contributed by atoms with Crippen molar-refractivity contribution in [3.8, 4) is 11.6 Å². The van der Waals surface area contributed by atoms with E-state index in [0.29, 0.717) is 23.1 Å². The molecule has 38 heavy (non-hydrogen) atoms. The largest absolute Gasteiger partial charge is 0.497 e. The van der Waals surface area contributed by atoms with Crippen molar-refractivity contribution >= 4 is 39.9 Å². The minimum atomic E-state index is -0.568. The number of aromatic amines is 1. The molecule has 3 heterocycles. The first-order valence-corrected chi connectivity index (χ1v) is 12.3. The number of nitrogens with zero attached hydrogens (tertiary/aromatic N) is 3. The van der Waals surface area contributed by atoms with Gasteiger partial charge in [-0.25, -0.2) is 4.98 Å². The quantitative estimate of drug-likeness (QED) is 0.356. The maximum absolute atomic E-state index is 13.0. The molecule has 194 valence electrons. The molecule has 0 radical (unpaired) electrons. The van der Waals surface area contributed by atoms with Gasteiger partial charge in [-0.05, 0) is 66.4 Å². The standard InChI is InChI=1S/C28H28N6O4/c1-14-10-22(25(38-5)31-23(14)26(35)34(2)3)29-24-17-8-6-15(11-21(17)32-33-24)19-13-28(19)18-12-16(37-4)7-9-20(18)30-27(28)36/h6-12,19H,13H2,1-5H3,(H,30,36)(H2,29,32,33)/t19-,28-/m0/s1. The monoisotopic (exact) mass is 512 g/mol. The number of aryl methyl sites for hydroxylation is 1. The topological polar surface area (TPSA) is 121 Å². The smallest absolute Gasteiger partial charge is 0.272 e. The molecular weight excluding hydrogens is 484 g/mol. The van der Waals surface area contributed by atoms with Crippen LogP contribution in [0, 0.1) is 6.92 Å². The van der Waals surface area contributed by atoms with Crippen molar-refractivity contribution in [3.05, 3.63) is 64.8 Å². The Morgan fingerprint density at radius 1 is 1.13 bits per heavy atom. The number of carbonyl (C=O) groups excluding carboxylic acids is 2. The third-order valence-corrected chi connectivity index (χ3v) is 7.54. The second-order valence-electron chi connectivity index (χ2n) is 10.0. The summed E-state index contributed by atoms with van der Waals surface area (Å²) in [5.74, 6) is 1.55. The normalized spacial score (nSPS) is 19.3. The average Bonchev–Trinajstić information content (AvgIpc) is 3.46. The van der Waals surface area contributed by atoms with Crippen LogP contribution in [0.15, 0.2) is 42.5 Å². The maximum Gasteiger partial charge on any atom is 0.272 e. The first kappa shape index (κ1) is 23.8. The molecule has 0 saturated heterocycles. The molecular formula is C28H28N6O4. The SMILES string of the molecule is COc1ccc2c(c1)[C@]1(C[C@H]1c1ccc3c(Nc4cc(C)c(C(=O)N(C)C)nc4OC)n[nH]c3c1)C(=O)N2. The zero-order valence-corrected chi connectivity index (χ0v) is 21.8. The van der Waals surface area contributed by atoms with Crippen LogP contribution in [0.25, 0.3) is 10.9 Å². The zero-order valence-electron chi connectivity index (χ0n) is 21.8. The van der Waals surface area contributed by atoms with E-state index in [0.717, 1.165) is 45.5 Å². The summed E-state index contributed by atoms with van der Waals surface area (Å²) in [5, 5.41) is 14.8. The van der Waals surface area contributed by atoms with Crippen molar-refractivity contribution in [3.63, 3.8) is 0 Å². The lowest BCUT2D eigenvalue weighted by atomic mass is 9.91. The van der Waals surface area contributed by atoms with Gasteiger partial charge in [0.1, 0.15) is 17.1 Å². The molecule has 1 aliphatic heterocycles. The summed E-state index contributed by atoms with van der Waals surface area (Å²) in [7, 11) is 6.51. The lowest BCUT2D eigenvalue weighted by Gasteiger charge is -2.15. The van der Waals surface area contributed by atoms with Crippen molar-refractivity contribution in [2.24, 2.45) is 0 Å². The molecule has 2 aromatic heterocycles. The highest BCUT2D eigenvalue weighted by molar-refractivity contribution is 6.10. The van der Waals surface area contributed by atoms with Gasteiger partial charge in [-0.2, -0.15) is 5.10 Å². The first-order chi connectivity index (χ1) is 18.3. The number of fused-ring (bicyclic) bond motifs is 3. The number of H-pyrrole nitrogens is 1. The van der Waals surface area contributed by atoms with E-state index in [1.807, 2.05) is 43.3 Å². The number of amides is 2. The number of pyridine rings is 1. The van der Waals surface area contributed by atoms with Gasteiger partial charge in [-0.15, -0.1) is 0 Å². The first-order valence-electron chi connectivity index (χ1n) is 12.3. The minimum absolute atomic E-state index is 0.0315. The fourth-order valence-electron chi connectivity index (χ4n) is 5.45. The van der Waals surface area contributed by atoms with Gasteiger partial charge in [-0.3, -0.25) is 14.7 Å². The molecule has 3 N–H and O–H groups in total. The fourth-order valence-corrected chi connectivity index (χ4v) is 5.45. The van der Waals surface area contributed by atoms with E-state index in [1.165, 1.54) is 12.0 Å². The van der Waals surface area contributed by atoms with E-state index >= 15 is 0 Å². The van der Waals surface area contributed by atoms with Crippen LogP contribution >= 0.6 is 0 Å². The Morgan fingerprint density at radius 2 is 1.95 bits per heavy atom. The summed E-state index contributed by atoms with van der Waals surface area (Å²) in [6.07, 6.45) is 0.740. The van der Waals surface area contributed by atoms with Crippen LogP contribution in [0.1, 0.15) is 39.5 Å². The van der Waals surface area contributed by atoms with Gasteiger partial charge >= 0.3 is 0 Å². The van der Waals surface area contributed by atoms with Crippen molar-refractivity contribution in [1.29, 1.82) is 0 Å². The van der Waals surface area contributed by atoms with Gasteiger partial charge in [0, 0.05) is 31.1 Å². The van der Waals surface area contributed by atoms with Crippen LogP contribution in [0.4, 0.5) is 17.2 Å². The third-order valence-electron chi connectivity index (χ3n) is 7.54. The summed E-state index contributed by atoms with van der Waals surface area (Å²) in [5.41, 5.74) is 4.85. The van der Waals surface area contributed by atoms with E-state index in [1.54, 1.807) is 21.2 Å². The molecule has 2 atom stereocenters. The molecule has 10 nitrogen and oxygen atoms in total. The highest BCUT2D eigenvalue weighted by atomic mass is 16.5. The average molecular weight is 513 g/mol. The van der Waals surface area contributed by atoms with Crippen LogP contribution in [0.3, 0.4) is 0 Å².